The van der Waals surface area contributed by atoms with Crippen molar-refractivity contribution >= 4 is 27.3 Å². The summed E-state index contributed by atoms with van der Waals surface area (Å²) in [6.07, 6.45) is 13.7. The van der Waals surface area contributed by atoms with Crippen LogP contribution >= 0.6 is 15.9 Å². The molecule has 3 rings (SSSR count). The van der Waals surface area contributed by atoms with Gasteiger partial charge in [-0.2, -0.15) is 0 Å². The molecule has 0 N–H and O–H groups in total. The number of aromatic nitrogens is 1. The van der Waals surface area contributed by atoms with Gasteiger partial charge in [-0.1, -0.05) is 47.1 Å². The first-order valence-electron chi connectivity index (χ1n) is 12.1. The number of aliphatic imine (C=N–C) groups is 1. The Balaban J connectivity index is 2.03. The van der Waals surface area contributed by atoms with Crippen LogP contribution in [0.4, 0.5) is 8.78 Å². The Morgan fingerprint density at radius 1 is 1.23 bits per heavy atom. The topological polar surface area (TPSA) is 17.3 Å². The van der Waals surface area contributed by atoms with Gasteiger partial charge in [0.05, 0.1) is 5.70 Å². The molecule has 1 aliphatic carbocycles. The molecular formula is C30H35BrF2N2. The number of hydrogen-bond donors (Lipinski definition) is 0. The van der Waals surface area contributed by atoms with Crippen LogP contribution in [0.25, 0.3) is 5.70 Å². The molecule has 5 heteroatoms. The smallest absolute Gasteiger partial charge is 0.270 e. The standard InChI is InChI=1S/C30H35BrF2N2/c1-7-23(17-21(4)22(5)35-16-15-20(3)19-35)28(8-2)34-29-12-10-9-11-26(29)25-14-13-24(31)18-27(25)30(6,32)33/h7-8,13-19,26H,1,9-12H2,2-6H3/b22-21+,23-17+,28-8-,34-29?. The van der Waals surface area contributed by atoms with E-state index in [1.165, 1.54) is 5.56 Å². The van der Waals surface area contributed by atoms with E-state index in [1.54, 1.807) is 6.07 Å². The second kappa shape index (κ2) is 11.5. The van der Waals surface area contributed by atoms with Crippen molar-refractivity contribution in [1.29, 1.82) is 0 Å². The Morgan fingerprint density at radius 2 is 1.97 bits per heavy atom. The molecule has 0 amide bonds. The Morgan fingerprint density at radius 3 is 2.57 bits per heavy atom. The molecule has 1 aromatic carbocycles. The SMILES string of the molecule is C=CC(=C\C(C)=C(/C)n1ccc(C)c1)/C(=C/C)N=C1CCCCC1c1ccc(Br)cc1C(C)(F)F. The third kappa shape index (κ3) is 6.58. The monoisotopic (exact) mass is 540 g/mol. The van der Waals surface area contributed by atoms with Gasteiger partial charge in [0.1, 0.15) is 0 Å². The maximum atomic E-state index is 14.5. The van der Waals surface area contributed by atoms with Crippen LogP contribution in [0.5, 0.6) is 0 Å². The van der Waals surface area contributed by atoms with Crippen molar-refractivity contribution in [1.82, 2.24) is 4.57 Å². The second-order valence-electron chi connectivity index (χ2n) is 9.36. The Hall–Kier alpha value is -2.53. The highest BCUT2D eigenvalue weighted by Gasteiger charge is 2.33. The summed E-state index contributed by atoms with van der Waals surface area (Å²) in [5, 5.41) is 0. The predicted octanol–water partition coefficient (Wildman–Crippen LogP) is 9.74. The van der Waals surface area contributed by atoms with Crippen molar-refractivity contribution in [2.45, 2.75) is 72.1 Å². The second-order valence-corrected chi connectivity index (χ2v) is 10.3. The fraction of sp³-hybridized carbons (Fsp3) is 0.367. The van der Waals surface area contributed by atoms with Crippen LogP contribution in [0.15, 0.2) is 87.8 Å². The summed E-state index contributed by atoms with van der Waals surface area (Å²) in [5.41, 5.74) is 6.89. The normalized spacial score (nSPS) is 19.7. The van der Waals surface area contributed by atoms with E-state index in [4.69, 9.17) is 4.99 Å². The van der Waals surface area contributed by atoms with Gasteiger partial charge in [-0.15, -0.1) is 0 Å². The van der Waals surface area contributed by atoms with E-state index in [0.717, 1.165) is 60.9 Å². The number of rotatable bonds is 7. The Bertz CT molecular complexity index is 1210. The highest BCUT2D eigenvalue weighted by Crippen LogP contribution is 2.40. The molecule has 0 bridgehead atoms. The average molecular weight is 542 g/mol. The minimum absolute atomic E-state index is 0.0735. The summed E-state index contributed by atoms with van der Waals surface area (Å²) in [4.78, 5) is 5.07. The highest BCUT2D eigenvalue weighted by molar-refractivity contribution is 9.10. The molecule has 0 spiro atoms. The first-order chi connectivity index (χ1) is 16.5. The molecule has 1 fully saturated rings. The lowest BCUT2D eigenvalue weighted by atomic mass is 9.79. The molecule has 0 saturated heterocycles. The summed E-state index contributed by atoms with van der Waals surface area (Å²) < 4.78 is 31.9. The number of halogens is 3. The molecule has 1 atom stereocenters. The van der Waals surface area contributed by atoms with Gasteiger partial charge < -0.3 is 4.57 Å². The number of allylic oxidation sites excluding steroid dienone is 5. The quantitative estimate of drug-likeness (QED) is 0.311. The van der Waals surface area contributed by atoms with Gasteiger partial charge in [0.2, 0.25) is 0 Å². The lowest BCUT2D eigenvalue weighted by Gasteiger charge is -2.28. The van der Waals surface area contributed by atoms with Gasteiger partial charge in [0, 0.05) is 46.7 Å². The molecule has 2 nitrogen and oxygen atoms in total. The van der Waals surface area contributed by atoms with Crippen molar-refractivity contribution in [2.75, 3.05) is 0 Å². The number of benzene rings is 1. The minimum Gasteiger partial charge on any atom is -0.327 e. The Kier molecular flexibility index (Phi) is 8.87. The number of aryl methyl sites for hydroxylation is 1. The number of alkyl halides is 2. The van der Waals surface area contributed by atoms with E-state index in [1.807, 2.05) is 31.2 Å². The van der Waals surface area contributed by atoms with Crippen LogP contribution in [-0.4, -0.2) is 10.3 Å². The zero-order valence-corrected chi connectivity index (χ0v) is 22.9. The van der Waals surface area contributed by atoms with Gasteiger partial charge in [0.25, 0.3) is 5.92 Å². The number of hydrogen-bond acceptors (Lipinski definition) is 1. The molecule has 1 saturated carbocycles. The fourth-order valence-corrected chi connectivity index (χ4v) is 4.98. The molecule has 186 valence electrons. The largest absolute Gasteiger partial charge is 0.327 e. The molecule has 0 aliphatic heterocycles. The van der Waals surface area contributed by atoms with Gasteiger partial charge in [-0.05, 0) is 93.5 Å². The van der Waals surface area contributed by atoms with Crippen LogP contribution in [-0.2, 0) is 5.92 Å². The molecule has 1 heterocycles. The average Bonchev–Trinajstić information content (AvgIpc) is 3.26. The summed E-state index contributed by atoms with van der Waals surface area (Å²) in [7, 11) is 0. The molecule has 35 heavy (non-hydrogen) atoms. The zero-order valence-electron chi connectivity index (χ0n) is 21.3. The zero-order chi connectivity index (χ0) is 25.8. The summed E-state index contributed by atoms with van der Waals surface area (Å²) >= 11 is 3.36. The molecule has 1 unspecified atom stereocenters. The first-order valence-corrected chi connectivity index (χ1v) is 12.9. The minimum atomic E-state index is -2.92. The fourth-order valence-electron chi connectivity index (χ4n) is 4.62. The van der Waals surface area contributed by atoms with Crippen LogP contribution in [0.1, 0.15) is 76.0 Å². The van der Waals surface area contributed by atoms with Crippen LogP contribution in [0.3, 0.4) is 0 Å². The highest BCUT2D eigenvalue weighted by atomic mass is 79.9. The molecule has 1 aromatic heterocycles. The molecule has 1 aliphatic rings. The molecular weight excluding hydrogens is 506 g/mol. The van der Waals surface area contributed by atoms with Crippen LogP contribution in [0.2, 0.25) is 0 Å². The van der Waals surface area contributed by atoms with E-state index < -0.39 is 5.92 Å². The van der Waals surface area contributed by atoms with Gasteiger partial charge in [0.15, 0.2) is 0 Å². The third-order valence-electron chi connectivity index (χ3n) is 6.67. The van der Waals surface area contributed by atoms with Crippen LogP contribution < -0.4 is 0 Å². The van der Waals surface area contributed by atoms with E-state index >= 15 is 0 Å². The van der Waals surface area contributed by atoms with E-state index in [2.05, 4.69) is 72.4 Å². The van der Waals surface area contributed by atoms with Crippen molar-refractivity contribution in [3.8, 4) is 0 Å². The third-order valence-corrected chi connectivity index (χ3v) is 7.16. The van der Waals surface area contributed by atoms with Crippen molar-refractivity contribution in [3.63, 3.8) is 0 Å². The Labute approximate surface area is 217 Å². The molecule has 0 radical (unpaired) electrons. The predicted molar refractivity (Wildman–Crippen MR) is 148 cm³/mol. The van der Waals surface area contributed by atoms with Crippen molar-refractivity contribution < 1.29 is 8.78 Å². The summed E-state index contributed by atoms with van der Waals surface area (Å²) in [6, 6.07) is 7.31. The van der Waals surface area contributed by atoms with Gasteiger partial charge >= 0.3 is 0 Å². The van der Waals surface area contributed by atoms with E-state index in [9.17, 15) is 8.78 Å². The van der Waals surface area contributed by atoms with Crippen molar-refractivity contribution in [2.24, 2.45) is 4.99 Å². The van der Waals surface area contributed by atoms with E-state index in [0.29, 0.717) is 10.0 Å². The van der Waals surface area contributed by atoms with Gasteiger partial charge in [-0.3, -0.25) is 4.99 Å². The molecule has 2 aromatic rings. The maximum Gasteiger partial charge on any atom is 0.270 e. The maximum absolute atomic E-state index is 14.5. The lowest BCUT2D eigenvalue weighted by Crippen LogP contribution is -2.22. The summed E-state index contributed by atoms with van der Waals surface area (Å²) in [5.74, 6) is -3.05. The van der Waals surface area contributed by atoms with E-state index in [-0.39, 0.29) is 11.5 Å². The number of nitrogens with zero attached hydrogens (tertiary/aromatic N) is 2. The summed E-state index contributed by atoms with van der Waals surface area (Å²) in [6.45, 7) is 13.2. The van der Waals surface area contributed by atoms with Crippen LogP contribution in [0, 0.1) is 6.92 Å². The first kappa shape index (κ1) is 27.1. The van der Waals surface area contributed by atoms with Crippen molar-refractivity contribution in [3.05, 3.63) is 99.5 Å². The lowest BCUT2D eigenvalue weighted by molar-refractivity contribution is 0.0163. The van der Waals surface area contributed by atoms with Gasteiger partial charge in [-0.25, -0.2) is 8.78 Å².